The zero-order valence-corrected chi connectivity index (χ0v) is 34.3. The summed E-state index contributed by atoms with van der Waals surface area (Å²) in [6.07, 6.45) is 48.5. The van der Waals surface area contributed by atoms with Crippen LogP contribution in [0.15, 0.2) is 47.2 Å². The molecule has 1 aromatic carbocycles. The number of aromatic nitrogens is 1. The maximum Gasteiger partial charge on any atom is 0.183 e. The average molecular weight is 739 g/mol. The molecule has 0 radical (unpaired) electrons. The Labute approximate surface area is 314 Å². The number of rotatable bonds is 33. The van der Waals surface area contributed by atoms with Crippen molar-refractivity contribution in [3.63, 3.8) is 0 Å². The van der Waals surface area contributed by atoms with Gasteiger partial charge in [-0.05, 0) is 46.5 Å². The average Bonchev–Trinajstić information content (AvgIpc) is 3.11. The molecule has 2 rings (SSSR count). The van der Waals surface area contributed by atoms with Crippen LogP contribution in [0.2, 0.25) is 0 Å². The van der Waals surface area contributed by atoms with Gasteiger partial charge in [0.15, 0.2) is 12.4 Å². The van der Waals surface area contributed by atoms with Gasteiger partial charge in [0.1, 0.15) is 7.05 Å². The standard InChI is InChI=1S/C46H78BrN2/c1-4-6-8-10-12-14-16-18-20-22-24-26-28-30-39-49(40-31-29-27-25-23-21-19-17-15-13-11-9-7-5-2)45-36-33-43(34-37-45)32-35-44-38-41-48(3)42-46(44)47/h32-38,41-42H,4-31,39-40H2,1-3H3/q+1. The van der Waals surface area contributed by atoms with Crippen molar-refractivity contribution < 1.29 is 4.57 Å². The number of benzene rings is 1. The van der Waals surface area contributed by atoms with Crippen molar-refractivity contribution in [2.75, 3.05) is 18.0 Å². The molecule has 0 aliphatic carbocycles. The molecule has 0 N–H and O–H groups in total. The number of pyridine rings is 1. The predicted molar refractivity (Wildman–Crippen MR) is 224 cm³/mol. The van der Waals surface area contributed by atoms with Crippen LogP contribution in [0.3, 0.4) is 0 Å². The largest absolute Gasteiger partial charge is 0.372 e. The first-order valence-corrected chi connectivity index (χ1v) is 22.1. The van der Waals surface area contributed by atoms with Crippen molar-refractivity contribution in [3.8, 4) is 0 Å². The molecule has 1 heterocycles. The van der Waals surface area contributed by atoms with Gasteiger partial charge in [-0.25, -0.2) is 4.57 Å². The van der Waals surface area contributed by atoms with E-state index in [1.165, 1.54) is 210 Å². The quantitative estimate of drug-likeness (QED) is 0.0522. The van der Waals surface area contributed by atoms with Gasteiger partial charge in [0, 0.05) is 30.4 Å². The molecule has 0 spiro atoms. The van der Waals surface area contributed by atoms with Gasteiger partial charge < -0.3 is 4.90 Å². The lowest BCUT2D eigenvalue weighted by atomic mass is 10.0. The van der Waals surface area contributed by atoms with E-state index in [0.717, 1.165) is 4.47 Å². The first-order valence-electron chi connectivity index (χ1n) is 21.3. The molecule has 0 fully saturated rings. The summed E-state index contributed by atoms with van der Waals surface area (Å²) in [4.78, 5) is 2.68. The lowest BCUT2D eigenvalue weighted by molar-refractivity contribution is -0.672. The van der Waals surface area contributed by atoms with Gasteiger partial charge in [0.2, 0.25) is 0 Å². The Morgan fingerprint density at radius 1 is 0.490 bits per heavy atom. The van der Waals surface area contributed by atoms with Crippen LogP contribution < -0.4 is 9.47 Å². The molecule has 0 saturated heterocycles. The first-order chi connectivity index (χ1) is 24.1. The number of unbranched alkanes of at least 4 members (excludes halogenated alkanes) is 26. The van der Waals surface area contributed by atoms with Crippen LogP contribution in [-0.4, -0.2) is 13.1 Å². The van der Waals surface area contributed by atoms with E-state index in [2.05, 4.69) is 101 Å². The van der Waals surface area contributed by atoms with Crippen molar-refractivity contribution in [1.82, 2.24) is 0 Å². The van der Waals surface area contributed by atoms with Crippen molar-refractivity contribution in [2.45, 2.75) is 194 Å². The molecule has 0 unspecified atom stereocenters. The molecule has 3 heteroatoms. The van der Waals surface area contributed by atoms with Crippen molar-refractivity contribution in [1.29, 1.82) is 0 Å². The van der Waals surface area contributed by atoms with Gasteiger partial charge in [-0.15, -0.1) is 0 Å². The van der Waals surface area contributed by atoms with Gasteiger partial charge in [-0.3, -0.25) is 0 Å². The Bertz CT molecular complexity index is 1010. The van der Waals surface area contributed by atoms with Crippen molar-refractivity contribution in [3.05, 3.63) is 58.3 Å². The Morgan fingerprint density at radius 3 is 1.22 bits per heavy atom. The monoisotopic (exact) mass is 738 g/mol. The van der Waals surface area contributed by atoms with E-state index >= 15 is 0 Å². The molecule has 0 bridgehead atoms. The number of hydrogen-bond donors (Lipinski definition) is 0. The highest BCUT2D eigenvalue weighted by molar-refractivity contribution is 9.10. The highest BCUT2D eigenvalue weighted by atomic mass is 79.9. The molecule has 0 saturated carbocycles. The van der Waals surface area contributed by atoms with E-state index in [4.69, 9.17) is 0 Å². The maximum atomic E-state index is 3.70. The number of anilines is 1. The zero-order chi connectivity index (χ0) is 35.0. The fourth-order valence-electron chi connectivity index (χ4n) is 7.06. The summed E-state index contributed by atoms with van der Waals surface area (Å²) in [5, 5.41) is 0. The van der Waals surface area contributed by atoms with E-state index in [0.29, 0.717) is 0 Å². The minimum Gasteiger partial charge on any atom is -0.372 e. The fraction of sp³-hybridized carbons (Fsp3) is 0.717. The number of hydrogen-bond acceptors (Lipinski definition) is 1. The highest BCUT2D eigenvalue weighted by Crippen LogP contribution is 2.22. The molecule has 2 aromatic rings. The van der Waals surface area contributed by atoms with Crippen molar-refractivity contribution in [2.24, 2.45) is 7.05 Å². The third kappa shape index (κ3) is 23.5. The summed E-state index contributed by atoms with van der Waals surface area (Å²) in [6.45, 7) is 7.00. The lowest BCUT2D eigenvalue weighted by Gasteiger charge is -2.25. The smallest absolute Gasteiger partial charge is 0.183 e. The summed E-state index contributed by atoms with van der Waals surface area (Å²) < 4.78 is 3.19. The summed E-state index contributed by atoms with van der Waals surface area (Å²) in [7, 11) is 2.06. The van der Waals surface area contributed by atoms with Gasteiger partial charge in [-0.2, -0.15) is 0 Å². The van der Waals surface area contributed by atoms with Gasteiger partial charge in [0.25, 0.3) is 0 Å². The van der Waals surface area contributed by atoms with E-state index < -0.39 is 0 Å². The molecule has 0 atom stereocenters. The Hall–Kier alpha value is -1.61. The van der Waals surface area contributed by atoms with Crippen LogP contribution in [0.25, 0.3) is 12.2 Å². The molecule has 2 nitrogen and oxygen atoms in total. The second-order valence-corrected chi connectivity index (χ2v) is 15.9. The van der Waals surface area contributed by atoms with Crippen LogP contribution in [0.5, 0.6) is 0 Å². The minimum absolute atomic E-state index is 1.12. The van der Waals surface area contributed by atoms with E-state index in [-0.39, 0.29) is 0 Å². The first kappa shape index (κ1) is 43.6. The van der Waals surface area contributed by atoms with Crippen LogP contribution in [0.4, 0.5) is 5.69 Å². The number of aryl methyl sites for hydroxylation is 1. The molecule has 49 heavy (non-hydrogen) atoms. The van der Waals surface area contributed by atoms with E-state index in [1.54, 1.807) is 0 Å². The molecular formula is C46H78BrN2+. The maximum absolute atomic E-state index is 3.70. The van der Waals surface area contributed by atoms with Gasteiger partial charge in [0.05, 0.1) is 4.47 Å². The SMILES string of the molecule is CCCCCCCCCCCCCCCCN(CCCCCCCCCCCCCCCC)c1ccc(/C=C/c2cc[n+](C)cc2Br)cc1. The summed E-state index contributed by atoms with van der Waals surface area (Å²) in [6, 6.07) is 11.5. The molecule has 0 aliphatic rings. The molecular weight excluding hydrogens is 660 g/mol. The van der Waals surface area contributed by atoms with Gasteiger partial charge >= 0.3 is 0 Å². The Morgan fingerprint density at radius 2 is 0.857 bits per heavy atom. The molecule has 278 valence electrons. The third-order valence-electron chi connectivity index (χ3n) is 10.4. The summed E-state index contributed by atoms with van der Waals surface area (Å²) >= 11 is 3.70. The lowest BCUT2D eigenvalue weighted by Crippen LogP contribution is -2.26. The molecule has 0 amide bonds. The van der Waals surface area contributed by atoms with E-state index in [1.807, 2.05) is 0 Å². The second kappa shape index (κ2) is 31.2. The van der Waals surface area contributed by atoms with Crippen LogP contribution in [0.1, 0.15) is 205 Å². The molecule has 1 aromatic heterocycles. The third-order valence-corrected chi connectivity index (χ3v) is 11.0. The van der Waals surface area contributed by atoms with Gasteiger partial charge in [-0.1, -0.05) is 205 Å². The summed E-state index contributed by atoms with van der Waals surface area (Å²) in [5.74, 6) is 0. The van der Waals surface area contributed by atoms with Crippen LogP contribution in [-0.2, 0) is 7.05 Å². The topological polar surface area (TPSA) is 7.12 Å². The highest BCUT2D eigenvalue weighted by Gasteiger charge is 2.07. The summed E-state index contributed by atoms with van der Waals surface area (Å²) in [5.41, 5.74) is 3.87. The minimum atomic E-state index is 1.12. The van der Waals surface area contributed by atoms with Crippen molar-refractivity contribution >= 4 is 33.8 Å². The fourth-order valence-corrected chi connectivity index (χ4v) is 7.64. The number of halogens is 1. The van der Waals surface area contributed by atoms with E-state index in [9.17, 15) is 0 Å². The zero-order valence-electron chi connectivity index (χ0n) is 32.7. The van der Waals surface area contributed by atoms with Crippen LogP contribution >= 0.6 is 15.9 Å². The Balaban J connectivity index is 1.69. The normalized spacial score (nSPS) is 11.6. The molecule has 0 aliphatic heterocycles. The predicted octanol–water partition coefficient (Wildman–Crippen LogP) is 15.2. The number of nitrogens with zero attached hydrogens (tertiary/aromatic N) is 2. The Kier molecular flexibility index (Phi) is 27.7. The van der Waals surface area contributed by atoms with Crippen LogP contribution in [0, 0.1) is 0 Å². The second-order valence-electron chi connectivity index (χ2n) is 15.0.